The first kappa shape index (κ1) is 17.4. The minimum atomic E-state index is -0.249. The van der Waals surface area contributed by atoms with Gasteiger partial charge in [0.1, 0.15) is 17.4 Å². The van der Waals surface area contributed by atoms with Crippen LogP contribution in [0.15, 0.2) is 48.5 Å². The van der Waals surface area contributed by atoms with Crippen LogP contribution in [0.2, 0.25) is 0 Å². The molecule has 2 aromatic rings. The molecule has 4 rings (SSSR count). The largest absolute Gasteiger partial charge is 0.494 e. The number of nitrogens with one attached hydrogen (secondary N) is 3. The predicted molar refractivity (Wildman–Crippen MR) is 108 cm³/mol. The second-order valence-corrected chi connectivity index (χ2v) is 6.94. The van der Waals surface area contributed by atoms with Gasteiger partial charge in [-0.1, -0.05) is 0 Å². The molecule has 0 atom stereocenters. The molecular weight excluding hydrogens is 343 g/mol. The van der Waals surface area contributed by atoms with E-state index in [1.807, 2.05) is 6.07 Å². The summed E-state index contributed by atoms with van der Waals surface area (Å²) in [6, 6.07) is 14.6. The number of aromatic amines is 2. The number of anilines is 2. The number of benzene rings is 2. The Hall–Kier alpha value is -2.99. The molecule has 2 aromatic carbocycles. The zero-order valence-corrected chi connectivity index (χ0v) is 15.5. The Labute approximate surface area is 157 Å². The normalized spacial score (nSPS) is 11.6. The summed E-state index contributed by atoms with van der Waals surface area (Å²) >= 11 is 0. The minimum absolute atomic E-state index is 0.249. The van der Waals surface area contributed by atoms with E-state index in [0.717, 1.165) is 52.3 Å². The van der Waals surface area contributed by atoms with Crippen LogP contribution < -0.4 is 10.1 Å². The summed E-state index contributed by atoms with van der Waals surface area (Å²) in [5.74, 6) is 1.48. The third-order valence-electron chi connectivity index (χ3n) is 4.58. The van der Waals surface area contributed by atoms with Crippen LogP contribution in [0.3, 0.4) is 0 Å². The molecule has 0 spiro atoms. The van der Waals surface area contributed by atoms with Crippen LogP contribution in [0, 0.1) is 5.82 Å². The Bertz CT molecular complexity index is 1000. The van der Waals surface area contributed by atoms with Gasteiger partial charge in [-0.15, -0.1) is 0 Å². The second-order valence-electron chi connectivity index (χ2n) is 6.94. The molecule has 1 aliphatic heterocycles. The van der Waals surface area contributed by atoms with E-state index in [4.69, 9.17) is 4.74 Å². The van der Waals surface area contributed by atoms with Crippen LogP contribution >= 0.6 is 0 Å². The number of rotatable bonds is 7. The van der Waals surface area contributed by atoms with E-state index >= 15 is 0 Å². The third kappa shape index (κ3) is 3.75. The summed E-state index contributed by atoms with van der Waals surface area (Å²) in [6.07, 6.45) is 0.994. The fourth-order valence-electron chi connectivity index (χ4n) is 3.22. The average molecular weight is 366 g/mol. The third-order valence-corrected chi connectivity index (χ3v) is 4.58. The molecule has 1 aliphatic carbocycles. The number of hydrogen-bond acceptors (Lipinski definition) is 3. The monoisotopic (exact) mass is 366 g/mol. The lowest BCUT2D eigenvalue weighted by Gasteiger charge is -2.10. The maximum absolute atomic E-state index is 13.1. The Morgan fingerprint density at radius 3 is 2.63 bits per heavy atom. The van der Waals surface area contributed by atoms with Gasteiger partial charge in [0.05, 0.1) is 12.3 Å². The lowest BCUT2D eigenvalue weighted by molar-refractivity contribution is 0.282. The SMILES string of the molecule is CN(C)CCCOc1ccc2c3[nH][nH]c(Nc4ccc(F)cc4)c-3cc2c1. The van der Waals surface area contributed by atoms with Crippen molar-refractivity contribution in [1.82, 2.24) is 15.1 Å². The molecule has 2 aliphatic rings. The van der Waals surface area contributed by atoms with Crippen molar-refractivity contribution in [1.29, 1.82) is 0 Å². The van der Waals surface area contributed by atoms with Crippen LogP contribution in [-0.2, 0) is 0 Å². The lowest BCUT2D eigenvalue weighted by Crippen LogP contribution is -2.15. The highest BCUT2D eigenvalue weighted by molar-refractivity contribution is 6.04. The highest BCUT2D eigenvalue weighted by Crippen LogP contribution is 2.39. The van der Waals surface area contributed by atoms with Gasteiger partial charge in [0.25, 0.3) is 0 Å². The number of aromatic nitrogens is 2. The first-order valence-corrected chi connectivity index (χ1v) is 9.03. The van der Waals surface area contributed by atoms with Crippen LogP contribution in [-0.4, -0.2) is 42.3 Å². The molecule has 6 heteroatoms. The minimum Gasteiger partial charge on any atom is -0.494 e. The van der Waals surface area contributed by atoms with Crippen molar-refractivity contribution in [3.63, 3.8) is 0 Å². The highest BCUT2D eigenvalue weighted by Gasteiger charge is 2.17. The maximum atomic E-state index is 13.1. The summed E-state index contributed by atoms with van der Waals surface area (Å²) < 4.78 is 19.0. The van der Waals surface area contributed by atoms with Gasteiger partial charge in [0.15, 0.2) is 0 Å². The molecule has 0 radical (unpaired) electrons. The van der Waals surface area contributed by atoms with Crippen molar-refractivity contribution in [2.45, 2.75) is 6.42 Å². The molecule has 5 nitrogen and oxygen atoms in total. The number of halogens is 1. The topological polar surface area (TPSA) is 56.1 Å². The predicted octanol–water partition coefficient (Wildman–Crippen LogP) is 4.81. The van der Waals surface area contributed by atoms with Crippen molar-refractivity contribution in [2.75, 3.05) is 32.6 Å². The fourth-order valence-corrected chi connectivity index (χ4v) is 3.22. The quantitative estimate of drug-likeness (QED) is 0.411. The van der Waals surface area contributed by atoms with Gasteiger partial charge in [-0.2, -0.15) is 0 Å². The van der Waals surface area contributed by atoms with Crippen molar-refractivity contribution in [2.24, 2.45) is 0 Å². The van der Waals surface area contributed by atoms with Crippen LogP contribution in [0.4, 0.5) is 15.9 Å². The molecule has 0 fully saturated rings. The smallest absolute Gasteiger partial charge is 0.132 e. The van der Waals surface area contributed by atoms with E-state index < -0.39 is 0 Å². The Kier molecular flexibility index (Phi) is 4.73. The van der Waals surface area contributed by atoms with Crippen molar-refractivity contribution < 1.29 is 9.13 Å². The number of nitrogens with zero attached hydrogens (tertiary/aromatic N) is 1. The van der Waals surface area contributed by atoms with Crippen LogP contribution in [0.1, 0.15) is 6.42 Å². The number of ether oxygens (including phenoxy) is 1. The maximum Gasteiger partial charge on any atom is 0.132 e. The van der Waals surface area contributed by atoms with E-state index in [2.05, 4.69) is 52.7 Å². The van der Waals surface area contributed by atoms with E-state index in [1.165, 1.54) is 12.1 Å². The van der Waals surface area contributed by atoms with Crippen LogP contribution in [0.25, 0.3) is 22.0 Å². The molecule has 3 N–H and O–H groups in total. The number of H-pyrrole nitrogens is 2. The van der Waals surface area contributed by atoms with E-state index in [9.17, 15) is 4.39 Å². The van der Waals surface area contributed by atoms with Crippen LogP contribution in [0.5, 0.6) is 5.75 Å². The van der Waals surface area contributed by atoms with Gasteiger partial charge < -0.3 is 15.0 Å². The zero-order valence-electron chi connectivity index (χ0n) is 15.5. The summed E-state index contributed by atoms with van der Waals surface area (Å²) in [5, 5.41) is 11.9. The molecule has 0 aromatic heterocycles. The van der Waals surface area contributed by atoms with E-state index in [1.54, 1.807) is 12.1 Å². The molecule has 0 bridgehead atoms. The Balaban J connectivity index is 1.53. The molecule has 0 unspecified atom stereocenters. The summed E-state index contributed by atoms with van der Waals surface area (Å²) in [4.78, 5) is 2.15. The summed E-state index contributed by atoms with van der Waals surface area (Å²) in [7, 11) is 4.12. The van der Waals surface area contributed by atoms with Crippen molar-refractivity contribution in [3.05, 3.63) is 54.3 Å². The molecule has 27 heavy (non-hydrogen) atoms. The molecule has 0 saturated carbocycles. The van der Waals surface area contributed by atoms with Gasteiger partial charge in [0, 0.05) is 23.2 Å². The molecule has 0 amide bonds. The van der Waals surface area contributed by atoms with Crippen molar-refractivity contribution >= 4 is 22.3 Å². The average Bonchev–Trinajstić information content (AvgIpc) is 3.20. The van der Waals surface area contributed by atoms with Crippen molar-refractivity contribution in [3.8, 4) is 17.0 Å². The fraction of sp³-hybridized carbons (Fsp3) is 0.238. The molecule has 140 valence electrons. The first-order valence-electron chi connectivity index (χ1n) is 9.03. The second kappa shape index (κ2) is 7.32. The zero-order chi connectivity index (χ0) is 18.8. The van der Waals surface area contributed by atoms with Gasteiger partial charge in [-0.05, 0) is 74.4 Å². The molecule has 1 heterocycles. The van der Waals surface area contributed by atoms with Gasteiger partial charge in [-0.25, -0.2) is 4.39 Å². The van der Waals surface area contributed by atoms with Gasteiger partial charge in [0.2, 0.25) is 0 Å². The van der Waals surface area contributed by atoms with E-state index in [-0.39, 0.29) is 5.82 Å². The molecule has 0 saturated heterocycles. The summed E-state index contributed by atoms with van der Waals surface area (Å²) in [6.45, 7) is 1.71. The molecular formula is C21H23FN4O. The Morgan fingerprint density at radius 2 is 1.85 bits per heavy atom. The standard InChI is InChI=1S/C21H23FN4O/c1-26(2)10-3-11-27-17-8-9-18-14(12-17)13-19-20(18)24-25-21(19)23-16-6-4-15(22)5-7-16/h4-9,12-13,23-25H,3,10-11H2,1-2H3. The first-order chi connectivity index (χ1) is 13.1. The lowest BCUT2D eigenvalue weighted by atomic mass is 10.2. The van der Waals surface area contributed by atoms with Gasteiger partial charge >= 0.3 is 0 Å². The summed E-state index contributed by atoms with van der Waals surface area (Å²) in [5.41, 5.74) is 2.91. The number of fused-ring (bicyclic) bond motifs is 3. The van der Waals surface area contributed by atoms with E-state index in [0.29, 0.717) is 6.61 Å². The Morgan fingerprint density at radius 1 is 1.04 bits per heavy atom. The highest BCUT2D eigenvalue weighted by atomic mass is 19.1. The number of hydrogen-bond donors (Lipinski definition) is 3. The van der Waals surface area contributed by atoms with Gasteiger partial charge in [-0.3, -0.25) is 10.2 Å².